The highest BCUT2D eigenvalue weighted by Gasteiger charge is 2.27. The fourth-order valence-electron chi connectivity index (χ4n) is 1.47. The summed E-state index contributed by atoms with van der Waals surface area (Å²) in [6.07, 6.45) is 0. The van der Waals surface area contributed by atoms with Crippen LogP contribution in [-0.2, 0) is 4.79 Å². The van der Waals surface area contributed by atoms with Gasteiger partial charge in [-0.15, -0.1) is 11.8 Å². The van der Waals surface area contributed by atoms with Crippen LogP contribution in [0.3, 0.4) is 0 Å². The Morgan fingerprint density at radius 2 is 2.31 bits per heavy atom. The summed E-state index contributed by atoms with van der Waals surface area (Å²) >= 11 is 1.66. The van der Waals surface area contributed by atoms with Gasteiger partial charge in [0, 0.05) is 16.3 Å². The van der Waals surface area contributed by atoms with Crippen molar-refractivity contribution in [3.8, 4) is 0 Å². The highest BCUT2D eigenvalue weighted by molar-refractivity contribution is 7.99. The fraction of sp³-hybridized carbons (Fsp3) is 0.222. The average molecular weight is 194 g/mol. The molecule has 3 nitrogen and oxygen atoms in total. The molecule has 0 saturated heterocycles. The lowest BCUT2D eigenvalue weighted by molar-refractivity contribution is -0.118. The number of hydrogen-bond donors (Lipinski definition) is 2. The van der Waals surface area contributed by atoms with Crippen LogP contribution in [0, 0.1) is 0 Å². The van der Waals surface area contributed by atoms with Crippen LogP contribution in [0.15, 0.2) is 23.1 Å². The molecule has 1 aromatic rings. The van der Waals surface area contributed by atoms with Crippen LogP contribution < -0.4 is 11.5 Å². The predicted molar refractivity (Wildman–Crippen MR) is 53.5 cm³/mol. The van der Waals surface area contributed by atoms with Crippen LogP contribution in [0.2, 0.25) is 0 Å². The molecule has 1 aliphatic heterocycles. The third-order valence-corrected chi connectivity index (χ3v) is 3.34. The van der Waals surface area contributed by atoms with Gasteiger partial charge in [0.05, 0.1) is 5.92 Å². The Morgan fingerprint density at radius 1 is 1.54 bits per heavy atom. The minimum Gasteiger partial charge on any atom is -0.399 e. The number of primary amides is 1. The summed E-state index contributed by atoms with van der Waals surface area (Å²) in [6.45, 7) is 0. The SMILES string of the molecule is NC(=O)C1CSc2ccc(N)cc21. The van der Waals surface area contributed by atoms with E-state index in [-0.39, 0.29) is 11.8 Å². The van der Waals surface area contributed by atoms with Gasteiger partial charge in [0.1, 0.15) is 0 Å². The number of benzene rings is 1. The van der Waals surface area contributed by atoms with E-state index >= 15 is 0 Å². The maximum Gasteiger partial charge on any atom is 0.225 e. The second-order valence-corrected chi connectivity index (χ2v) is 4.13. The van der Waals surface area contributed by atoms with E-state index in [0.717, 1.165) is 16.2 Å². The lowest BCUT2D eigenvalue weighted by atomic mass is 10.0. The smallest absolute Gasteiger partial charge is 0.225 e. The van der Waals surface area contributed by atoms with Gasteiger partial charge in [0.25, 0.3) is 0 Å². The average Bonchev–Trinajstić information content (AvgIpc) is 2.46. The molecule has 0 saturated carbocycles. The van der Waals surface area contributed by atoms with Crippen molar-refractivity contribution in [2.45, 2.75) is 10.8 Å². The van der Waals surface area contributed by atoms with Crippen LogP contribution in [0.25, 0.3) is 0 Å². The minimum absolute atomic E-state index is 0.163. The highest BCUT2D eigenvalue weighted by atomic mass is 32.2. The van der Waals surface area contributed by atoms with E-state index in [1.165, 1.54) is 0 Å². The number of carbonyl (C=O) groups excluding carboxylic acids is 1. The largest absolute Gasteiger partial charge is 0.399 e. The Bertz CT molecular complexity index is 365. The van der Waals surface area contributed by atoms with Crippen molar-refractivity contribution in [2.75, 3.05) is 11.5 Å². The van der Waals surface area contributed by atoms with Crippen molar-refractivity contribution in [1.82, 2.24) is 0 Å². The molecule has 1 amide bonds. The zero-order valence-electron chi connectivity index (χ0n) is 6.99. The molecule has 0 aromatic heterocycles. The first-order valence-electron chi connectivity index (χ1n) is 4.00. The Kier molecular flexibility index (Phi) is 1.92. The van der Waals surface area contributed by atoms with E-state index < -0.39 is 0 Å². The van der Waals surface area contributed by atoms with Crippen LogP contribution in [0.5, 0.6) is 0 Å². The molecule has 1 aliphatic rings. The van der Waals surface area contributed by atoms with Gasteiger partial charge in [-0.2, -0.15) is 0 Å². The topological polar surface area (TPSA) is 69.1 Å². The third-order valence-electron chi connectivity index (χ3n) is 2.16. The molecule has 4 N–H and O–H groups in total. The number of amides is 1. The number of fused-ring (bicyclic) bond motifs is 1. The second-order valence-electron chi connectivity index (χ2n) is 3.06. The van der Waals surface area contributed by atoms with Crippen molar-refractivity contribution in [1.29, 1.82) is 0 Å². The van der Waals surface area contributed by atoms with Gasteiger partial charge in [0.15, 0.2) is 0 Å². The van der Waals surface area contributed by atoms with Crippen molar-refractivity contribution in [3.63, 3.8) is 0 Å². The highest BCUT2D eigenvalue weighted by Crippen LogP contribution is 2.40. The number of thioether (sulfide) groups is 1. The van der Waals surface area contributed by atoms with Gasteiger partial charge in [-0.05, 0) is 23.8 Å². The molecular formula is C9H10N2OS. The molecule has 0 radical (unpaired) electrons. The first-order valence-corrected chi connectivity index (χ1v) is 4.98. The van der Waals surface area contributed by atoms with Gasteiger partial charge in [-0.3, -0.25) is 4.79 Å². The number of anilines is 1. The van der Waals surface area contributed by atoms with Gasteiger partial charge >= 0.3 is 0 Å². The summed E-state index contributed by atoms with van der Waals surface area (Å²) in [4.78, 5) is 12.2. The van der Waals surface area contributed by atoms with Crippen molar-refractivity contribution < 1.29 is 4.79 Å². The first kappa shape index (κ1) is 8.44. The molecule has 1 heterocycles. The zero-order valence-corrected chi connectivity index (χ0v) is 7.80. The number of nitrogens with two attached hydrogens (primary N) is 2. The number of rotatable bonds is 1. The normalized spacial score (nSPS) is 19.8. The lowest BCUT2D eigenvalue weighted by Crippen LogP contribution is -2.21. The summed E-state index contributed by atoms with van der Waals surface area (Å²) < 4.78 is 0. The van der Waals surface area contributed by atoms with E-state index in [9.17, 15) is 4.79 Å². The van der Waals surface area contributed by atoms with Crippen molar-refractivity contribution >= 4 is 23.4 Å². The molecule has 0 fully saturated rings. The van der Waals surface area contributed by atoms with Crippen molar-refractivity contribution in [3.05, 3.63) is 23.8 Å². The molecule has 1 aromatic carbocycles. The predicted octanol–water partition coefficient (Wildman–Crippen LogP) is 0.943. The minimum atomic E-state index is -0.267. The fourth-order valence-corrected chi connectivity index (χ4v) is 2.69. The van der Waals surface area contributed by atoms with Crippen LogP contribution in [0.4, 0.5) is 5.69 Å². The van der Waals surface area contributed by atoms with E-state index in [4.69, 9.17) is 11.5 Å². The molecule has 1 atom stereocenters. The van der Waals surface area contributed by atoms with Crippen molar-refractivity contribution in [2.24, 2.45) is 5.73 Å². The summed E-state index contributed by atoms with van der Waals surface area (Å²) in [5, 5.41) is 0. The summed E-state index contributed by atoms with van der Waals surface area (Å²) in [5.41, 5.74) is 12.6. The van der Waals surface area contributed by atoms with E-state index in [0.29, 0.717) is 5.69 Å². The second kappa shape index (κ2) is 2.96. The zero-order chi connectivity index (χ0) is 9.42. The molecule has 1 unspecified atom stereocenters. The summed E-state index contributed by atoms with van der Waals surface area (Å²) in [5.74, 6) is 0.314. The molecule has 4 heteroatoms. The van der Waals surface area contributed by atoms with Crippen LogP contribution in [0.1, 0.15) is 11.5 Å². The number of carbonyl (C=O) groups is 1. The molecule has 13 heavy (non-hydrogen) atoms. The quantitative estimate of drug-likeness (QED) is 0.654. The summed E-state index contributed by atoms with van der Waals surface area (Å²) in [7, 11) is 0. The van der Waals surface area contributed by atoms with Gasteiger partial charge in [0.2, 0.25) is 5.91 Å². The molecule has 68 valence electrons. The summed E-state index contributed by atoms with van der Waals surface area (Å²) in [6, 6.07) is 5.62. The molecule has 0 spiro atoms. The van der Waals surface area contributed by atoms with E-state index in [2.05, 4.69) is 0 Å². The Labute approximate surface area is 80.5 Å². The molecule has 0 aliphatic carbocycles. The Hall–Kier alpha value is -1.16. The molecule has 2 rings (SSSR count). The van der Waals surface area contributed by atoms with Gasteiger partial charge < -0.3 is 11.5 Å². The van der Waals surface area contributed by atoms with E-state index in [1.807, 2.05) is 18.2 Å². The first-order chi connectivity index (χ1) is 6.18. The van der Waals surface area contributed by atoms with Gasteiger partial charge in [-0.1, -0.05) is 0 Å². The monoisotopic (exact) mass is 194 g/mol. The maximum absolute atomic E-state index is 11.0. The third kappa shape index (κ3) is 1.37. The maximum atomic E-state index is 11.0. The van der Waals surface area contributed by atoms with Gasteiger partial charge in [-0.25, -0.2) is 0 Å². The molecule has 0 bridgehead atoms. The standard InChI is InChI=1S/C9H10N2OS/c10-5-1-2-8-6(3-5)7(4-13-8)9(11)12/h1-3,7H,4,10H2,(H2,11,12). The number of nitrogen functional groups attached to an aromatic ring is 1. The molecular weight excluding hydrogens is 184 g/mol. The lowest BCUT2D eigenvalue weighted by Gasteiger charge is -2.05. The Morgan fingerprint density at radius 3 is 3.00 bits per heavy atom. The van der Waals surface area contributed by atoms with E-state index in [1.54, 1.807) is 11.8 Å². The Balaban J connectivity index is 2.46. The van der Waals surface area contributed by atoms with Crippen LogP contribution >= 0.6 is 11.8 Å². The van der Waals surface area contributed by atoms with Crippen LogP contribution in [-0.4, -0.2) is 11.7 Å². The number of hydrogen-bond acceptors (Lipinski definition) is 3.